The monoisotopic (exact) mass is 1160 g/mol. The number of piperazine rings is 2. The smallest absolute Gasteiger partial charge is 0.325 e. The minimum Gasteiger partial charge on any atom is -0.480 e. The van der Waals surface area contributed by atoms with Crippen LogP contribution in [-0.4, -0.2) is 140 Å². The van der Waals surface area contributed by atoms with E-state index in [-0.39, 0.29) is 105 Å². The summed E-state index contributed by atoms with van der Waals surface area (Å²) in [5.41, 5.74) is 5.80. The van der Waals surface area contributed by atoms with Crippen molar-refractivity contribution in [2.24, 2.45) is 21.8 Å². The summed E-state index contributed by atoms with van der Waals surface area (Å²) in [6.07, 6.45) is 0. The second kappa shape index (κ2) is 23.5. The number of carbonyl (C=O) groups is 6. The molecular formula is C55H54Cl4N8O8S2. The number of allylic oxidation sites excluding steroid dienone is 2. The normalized spacial score (nSPS) is 21.2. The van der Waals surface area contributed by atoms with Crippen molar-refractivity contribution in [3.8, 4) is 0 Å². The molecule has 2 fully saturated rings. The maximum Gasteiger partial charge on any atom is 0.325 e. The summed E-state index contributed by atoms with van der Waals surface area (Å²) in [6.45, 7) is 8.51. The van der Waals surface area contributed by atoms with Crippen molar-refractivity contribution in [1.29, 1.82) is 0 Å². The molecule has 0 spiro atoms. The zero-order chi connectivity index (χ0) is 55.0. The molecule has 22 heteroatoms. The van der Waals surface area contributed by atoms with Crippen LogP contribution in [0.25, 0.3) is 0 Å². The average molecular weight is 1160 g/mol. The highest BCUT2D eigenvalue weighted by Crippen LogP contribution is 2.55. The minimum absolute atomic E-state index is 0.00285. The van der Waals surface area contributed by atoms with E-state index >= 15 is 0 Å². The number of halogens is 4. The summed E-state index contributed by atoms with van der Waals surface area (Å²) >= 11 is 27.4. The van der Waals surface area contributed by atoms with E-state index in [4.69, 9.17) is 61.5 Å². The molecule has 0 saturated carbocycles. The molecule has 77 heavy (non-hydrogen) atoms. The molecule has 1 N–H and O–H groups in total. The number of esters is 1. The van der Waals surface area contributed by atoms with Gasteiger partial charge in [0.25, 0.3) is 11.8 Å². The predicted molar refractivity (Wildman–Crippen MR) is 300 cm³/mol. The van der Waals surface area contributed by atoms with Crippen LogP contribution in [-0.2, 0) is 33.5 Å². The number of benzene rings is 4. The molecule has 6 heterocycles. The summed E-state index contributed by atoms with van der Waals surface area (Å²) in [5.74, 6) is -2.65. The van der Waals surface area contributed by atoms with Gasteiger partial charge in [-0.25, -0.2) is 0 Å². The van der Waals surface area contributed by atoms with Gasteiger partial charge in [-0.05, 0) is 106 Å². The number of amidine groups is 2. The highest BCUT2D eigenvalue weighted by molar-refractivity contribution is 8.18. The lowest BCUT2D eigenvalue weighted by Gasteiger charge is -2.34. The molecule has 0 aliphatic carbocycles. The van der Waals surface area contributed by atoms with Gasteiger partial charge in [0.2, 0.25) is 11.8 Å². The minimum atomic E-state index is -1.07. The van der Waals surface area contributed by atoms with Gasteiger partial charge in [-0.1, -0.05) is 123 Å². The van der Waals surface area contributed by atoms with E-state index in [1.807, 2.05) is 111 Å². The van der Waals surface area contributed by atoms with Crippen molar-refractivity contribution in [2.45, 2.75) is 51.9 Å². The van der Waals surface area contributed by atoms with E-state index in [0.717, 1.165) is 44.0 Å². The highest BCUT2D eigenvalue weighted by Gasteiger charge is 2.50. The van der Waals surface area contributed by atoms with Gasteiger partial charge in [-0.15, -0.1) is 0 Å². The van der Waals surface area contributed by atoms with Crippen LogP contribution in [0.15, 0.2) is 128 Å². The Kier molecular flexibility index (Phi) is 17.0. The molecule has 4 aromatic rings. The van der Waals surface area contributed by atoms with Crippen LogP contribution in [0.5, 0.6) is 0 Å². The van der Waals surface area contributed by atoms with Crippen molar-refractivity contribution < 1.29 is 38.6 Å². The Labute approximate surface area is 474 Å². The third kappa shape index (κ3) is 11.7. The summed E-state index contributed by atoms with van der Waals surface area (Å²) in [5, 5.41) is 13.1. The Morgan fingerprint density at radius 2 is 0.896 bits per heavy atom. The van der Waals surface area contributed by atoms with Crippen LogP contribution in [0.1, 0.15) is 74.1 Å². The number of aliphatic imine (C=N–C) groups is 2. The van der Waals surface area contributed by atoms with Crippen LogP contribution in [0, 0.1) is 11.8 Å². The molecule has 4 atom stereocenters. The molecule has 4 amide bonds. The largest absolute Gasteiger partial charge is 0.480 e. The first kappa shape index (κ1) is 55.7. The molecule has 2 saturated heterocycles. The van der Waals surface area contributed by atoms with Gasteiger partial charge in [-0.3, -0.25) is 38.8 Å². The van der Waals surface area contributed by atoms with E-state index < -0.39 is 11.9 Å². The number of aliphatic carboxylic acids is 1. The summed E-state index contributed by atoms with van der Waals surface area (Å²) in [4.78, 5) is 96.9. The fraction of sp³-hybridized carbons (Fsp3) is 0.345. The van der Waals surface area contributed by atoms with Gasteiger partial charge in [-0.2, -0.15) is 0 Å². The van der Waals surface area contributed by atoms with Crippen molar-refractivity contribution in [3.63, 3.8) is 0 Å². The first-order valence-corrected chi connectivity index (χ1v) is 28.0. The molecule has 6 aliphatic rings. The predicted octanol–water partition coefficient (Wildman–Crippen LogP) is 9.72. The molecule has 0 aromatic heterocycles. The third-order valence-corrected chi connectivity index (χ3v) is 17.0. The molecule has 0 radical (unpaired) electrons. The van der Waals surface area contributed by atoms with Gasteiger partial charge in [0, 0.05) is 57.7 Å². The van der Waals surface area contributed by atoms with Gasteiger partial charge >= 0.3 is 11.9 Å². The maximum atomic E-state index is 13.8. The summed E-state index contributed by atoms with van der Waals surface area (Å²) in [6, 6.07) is 29.9. The number of rotatable bonds is 12. The van der Waals surface area contributed by atoms with Crippen molar-refractivity contribution in [2.75, 3.05) is 59.5 Å². The number of carboxylic acid groups (broad SMARTS) is 1. The molecule has 4 unspecified atom stereocenters. The number of carbonyl (C=O) groups excluding carboxylic acids is 5. The Morgan fingerprint density at radius 3 is 1.21 bits per heavy atom. The van der Waals surface area contributed by atoms with E-state index in [2.05, 4.69) is 28.4 Å². The second-order valence-corrected chi connectivity index (χ2v) is 23.2. The fourth-order valence-corrected chi connectivity index (χ4v) is 13.3. The number of ether oxygens (including phenoxy) is 1. The summed E-state index contributed by atoms with van der Waals surface area (Å²) < 4.78 is 4.68. The molecule has 402 valence electrons. The van der Waals surface area contributed by atoms with Crippen LogP contribution in [0.2, 0.25) is 20.1 Å². The zero-order valence-electron chi connectivity index (χ0n) is 42.6. The molecule has 4 aromatic carbocycles. The van der Waals surface area contributed by atoms with Crippen molar-refractivity contribution in [3.05, 3.63) is 161 Å². The standard InChI is InChI=1S/C28H28Cl2N4O4S.C27H26Cl2N4O4S/c1-16(2)24-26(27(37)33-13-12-32(21(35)14-33)15-22(36)38-3)39-28-31-23(17-4-8-19(29)9-5-17)25(34(24)28)18-6-10-20(30)11-7-18;1-15(2)23-25(26(37)32-12-11-31(14-21(35)36)20(34)13-32)38-27-30-22(16-3-7-18(28)8-4-16)24(33(23)27)17-5-9-19(29)10-6-17/h4-11,16,23,25H,12-15H2,1-3H3;3-10,15,22,24H,11-14H2,1-2H3,(H,35,36). The number of hydrogen-bond acceptors (Lipinski definition) is 13. The van der Waals surface area contributed by atoms with Crippen LogP contribution >= 0.6 is 69.9 Å². The first-order chi connectivity index (χ1) is 36.8. The Morgan fingerprint density at radius 1 is 0.558 bits per heavy atom. The topological polar surface area (TPSA) is 176 Å². The lowest BCUT2D eigenvalue weighted by Crippen LogP contribution is -2.53. The van der Waals surface area contributed by atoms with Gasteiger partial charge < -0.3 is 39.2 Å². The number of fused-ring (bicyclic) bond motifs is 2. The molecule has 16 nitrogen and oxygen atoms in total. The number of carboxylic acids is 1. The van der Waals surface area contributed by atoms with E-state index in [1.54, 1.807) is 4.90 Å². The van der Waals surface area contributed by atoms with E-state index in [0.29, 0.717) is 36.4 Å². The molecular weight excluding hydrogens is 1110 g/mol. The molecule has 0 bridgehead atoms. The zero-order valence-corrected chi connectivity index (χ0v) is 47.2. The van der Waals surface area contributed by atoms with Crippen molar-refractivity contribution >= 4 is 116 Å². The average Bonchev–Trinajstić information content (AvgIpc) is 4.17. The number of hydrogen-bond donors (Lipinski definition) is 1. The number of nitrogens with zero attached hydrogens (tertiary/aromatic N) is 8. The molecule has 10 rings (SSSR count). The SMILES string of the molecule is CC(C)C1=C(C(=O)N2CCN(CC(=O)O)C(=O)C2)SC2=NC(c3ccc(Cl)cc3)C(c3ccc(Cl)cc3)N21.COC(=O)CN1CCN(C(=O)C2=C(C(C)C)N3C(=NC(c4ccc(Cl)cc4)C3c3ccc(Cl)cc3)S2)CC1=O. The van der Waals surface area contributed by atoms with Gasteiger partial charge in [0.05, 0.1) is 19.2 Å². The highest BCUT2D eigenvalue weighted by atomic mass is 35.5. The second-order valence-electron chi connectivity index (χ2n) is 19.5. The number of amides is 4. The quantitative estimate of drug-likeness (QED) is 0.133. The Balaban J connectivity index is 0.000000188. The number of thioether (sulfide) groups is 2. The van der Waals surface area contributed by atoms with Crippen LogP contribution in [0.4, 0.5) is 0 Å². The lowest BCUT2D eigenvalue weighted by atomic mass is 9.92. The van der Waals surface area contributed by atoms with E-state index in [9.17, 15) is 28.8 Å². The van der Waals surface area contributed by atoms with Crippen LogP contribution < -0.4 is 0 Å². The van der Waals surface area contributed by atoms with Gasteiger partial charge in [0.15, 0.2) is 10.3 Å². The number of methoxy groups -OCH3 is 1. The Hall–Kier alpha value is -6.02. The van der Waals surface area contributed by atoms with Crippen molar-refractivity contribution in [1.82, 2.24) is 29.4 Å². The Bertz CT molecular complexity index is 3120. The maximum absolute atomic E-state index is 13.8. The van der Waals surface area contributed by atoms with E-state index in [1.165, 1.54) is 45.3 Å². The molecule has 6 aliphatic heterocycles. The fourth-order valence-electron chi connectivity index (χ4n) is 10.2. The lowest BCUT2D eigenvalue weighted by molar-refractivity contribution is -0.151. The van der Waals surface area contributed by atoms with Gasteiger partial charge in [0.1, 0.15) is 48.1 Å². The summed E-state index contributed by atoms with van der Waals surface area (Å²) in [7, 11) is 1.29. The first-order valence-electron chi connectivity index (χ1n) is 24.8. The third-order valence-electron chi connectivity index (χ3n) is 13.9. The van der Waals surface area contributed by atoms with Crippen LogP contribution in [0.3, 0.4) is 0 Å².